The molecular formula is C30H31N3O4S. The molecule has 1 fully saturated rings. The van der Waals surface area contributed by atoms with Gasteiger partial charge in [-0.3, -0.25) is 4.79 Å². The minimum Gasteiger partial charge on any atom is -0.480 e. The molecule has 8 heteroatoms. The Morgan fingerprint density at radius 2 is 1.82 bits per heavy atom. The average molecular weight is 530 g/mol. The third-order valence-electron chi connectivity index (χ3n) is 7.30. The van der Waals surface area contributed by atoms with E-state index in [4.69, 9.17) is 4.98 Å². The zero-order valence-corrected chi connectivity index (χ0v) is 22.6. The number of hydrogen-bond acceptors (Lipinski definition) is 5. The van der Waals surface area contributed by atoms with E-state index in [0.717, 1.165) is 74.7 Å². The molecule has 0 aliphatic heterocycles. The van der Waals surface area contributed by atoms with E-state index in [2.05, 4.69) is 17.1 Å². The fourth-order valence-electron chi connectivity index (χ4n) is 5.51. The quantitative estimate of drug-likeness (QED) is 0.248. The van der Waals surface area contributed by atoms with Gasteiger partial charge in [-0.25, -0.2) is 14.8 Å². The van der Waals surface area contributed by atoms with Crippen molar-refractivity contribution in [2.24, 2.45) is 0 Å². The smallest absolute Gasteiger partial charge is 0.331 e. The molecular weight excluding hydrogens is 498 g/mol. The summed E-state index contributed by atoms with van der Waals surface area (Å²) in [5.74, 6) is -1.69. The van der Waals surface area contributed by atoms with E-state index in [1.54, 1.807) is 22.0 Å². The van der Waals surface area contributed by atoms with E-state index in [1.807, 2.05) is 38.1 Å². The Hall–Kier alpha value is -3.78. The molecule has 3 aromatic heterocycles. The molecule has 3 heterocycles. The van der Waals surface area contributed by atoms with Crippen molar-refractivity contribution < 1.29 is 19.8 Å². The number of pyridine rings is 1. The number of carboxylic acids is 2. The second-order valence-corrected chi connectivity index (χ2v) is 11.3. The number of aliphatic carboxylic acids is 2. The summed E-state index contributed by atoms with van der Waals surface area (Å²) in [4.78, 5) is 34.0. The van der Waals surface area contributed by atoms with Gasteiger partial charge in [0.1, 0.15) is 6.54 Å². The summed E-state index contributed by atoms with van der Waals surface area (Å²) in [7, 11) is 0. The number of benzene rings is 1. The summed E-state index contributed by atoms with van der Waals surface area (Å²) in [6, 6.07) is 12.1. The molecule has 4 aromatic rings. The van der Waals surface area contributed by atoms with Crippen LogP contribution in [0.4, 0.5) is 0 Å². The SMILES string of the molecule is C/C(=C\c1cc(C2CCCCC2)c(-c2ccc3nc(-c4sc(C)nc4C)ccc3c2)n1CC(=O)O)C(=O)O. The Balaban J connectivity index is 1.67. The summed E-state index contributed by atoms with van der Waals surface area (Å²) in [5, 5.41) is 21.3. The van der Waals surface area contributed by atoms with E-state index < -0.39 is 11.9 Å². The maximum atomic E-state index is 12.0. The minimum absolute atomic E-state index is 0.166. The number of aryl methyl sites for hydroxylation is 2. The molecule has 1 aliphatic carbocycles. The third kappa shape index (κ3) is 5.13. The van der Waals surface area contributed by atoms with Crippen LogP contribution in [0.25, 0.3) is 38.8 Å². The van der Waals surface area contributed by atoms with Crippen molar-refractivity contribution in [3.05, 3.63) is 63.9 Å². The van der Waals surface area contributed by atoms with E-state index in [1.165, 1.54) is 13.3 Å². The van der Waals surface area contributed by atoms with Crippen LogP contribution in [0.5, 0.6) is 0 Å². The normalized spacial score (nSPS) is 14.8. The molecule has 196 valence electrons. The predicted octanol–water partition coefficient (Wildman–Crippen LogP) is 7.06. The van der Waals surface area contributed by atoms with Gasteiger partial charge in [0.15, 0.2) is 0 Å². The van der Waals surface area contributed by atoms with Gasteiger partial charge in [-0.2, -0.15) is 0 Å². The van der Waals surface area contributed by atoms with Gasteiger partial charge in [-0.05, 0) is 81.0 Å². The Kier molecular flexibility index (Phi) is 7.17. The van der Waals surface area contributed by atoms with Gasteiger partial charge in [0, 0.05) is 16.7 Å². The van der Waals surface area contributed by atoms with Gasteiger partial charge >= 0.3 is 11.9 Å². The van der Waals surface area contributed by atoms with Gasteiger partial charge in [-0.15, -0.1) is 11.3 Å². The zero-order chi connectivity index (χ0) is 27.0. The molecule has 2 N–H and O–H groups in total. The van der Waals surface area contributed by atoms with Gasteiger partial charge < -0.3 is 14.8 Å². The first kappa shape index (κ1) is 25.9. The van der Waals surface area contributed by atoms with Crippen LogP contribution in [0, 0.1) is 13.8 Å². The number of fused-ring (bicyclic) bond motifs is 1. The first-order chi connectivity index (χ1) is 18.2. The highest BCUT2D eigenvalue weighted by Crippen LogP contribution is 2.41. The first-order valence-corrected chi connectivity index (χ1v) is 13.8. The molecule has 38 heavy (non-hydrogen) atoms. The molecule has 0 bridgehead atoms. The average Bonchev–Trinajstić information content (AvgIpc) is 3.42. The summed E-state index contributed by atoms with van der Waals surface area (Å²) in [5.41, 5.74) is 6.34. The number of aromatic nitrogens is 3. The molecule has 1 aliphatic rings. The van der Waals surface area contributed by atoms with Crippen molar-refractivity contribution in [1.29, 1.82) is 0 Å². The van der Waals surface area contributed by atoms with Crippen molar-refractivity contribution in [2.75, 3.05) is 0 Å². The third-order valence-corrected chi connectivity index (χ3v) is 8.39. The summed E-state index contributed by atoms with van der Waals surface area (Å²) >= 11 is 1.63. The van der Waals surface area contributed by atoms with Gasteiger partial charge in [0.25, 0.3) is 0 Å². The van der Waals surface area contributed by atoms with Gasteiger partial charge in [0.2, 0.25) is 0 Å². The number of hydrogen-bond donors (Lipinski definition) is 2. The topological polar surface area (TPSA) is 105 Å². The van der Waals surface area contributed by atoms with Crippen LogP contribution in [0.15, 0.2) is 42.0 Å². The molecule has 5 rings (SSSR count). The Labute approximate surface area is 225 Å². The van der Waals surface area contributed by atoms with E-state index in [9.17, 15) is 19.8 Å². The van der Waals surface area contributed by atoms with Crippen LogP contribution in [0.1, 0.15) is 66.9 Å². The lowest BCUT2D eigenvalue weighted by atomic mass is 9.83. The maximum absolute atomic E-state index is 12.0. The lowest BCUT2D eigenvalue weighted by molar-refractivity contribution is -0.137. The second-order valence-electron chi connectivity index (χ2n) is 10.1. The first-order valence-electron chi connectivity index (χ1n) is 12.9. The van der Waals surface area contributed by atoms with Crippen molar-refractivity contribution in [2.45, 2.75) is 65.3 Å². The van der Waals surface area contributed by atoms with Crippen LogP contribution in [0.2, 0.25) is 0 Å². The monoisotopic (exact) mass is 529 g/mol. The van der Waals surface area contributed by atoms with Crippen LogP contribution >= 0.6 is 11.3 Å². The molecule has 0 radical (unpaired) electrons. The molecule has 1 aromatic carbocycles. The fourth-order valence-corrected chi connectivity index (χ4v) is 6.40. The number of carbonyl (C=O) groups is 2. The summed E-state index contributed by atoms with van der Waals surface area (Å²) in [6.45, 7) is 5.27. The van der Waals surface area contributed by atoms with Crippen molar-refractivity contribution >= 4 is 40.3 Å². The van der Waals surface area contributed by atoms with E-state index in [-0.39, 0.29) is 12.1 Å². The fraction of sp³-hybridized carbons (Fsp3) is 0.333. The number of carboxylic acid groups (broad SMARTS) is 2. The van der Waals surface area contributed by atoms with Crippen LogP contribution in [0.3, 0.4) is 0 Å². The summed E-state index contributed by atoms with van der Waals surface area (Å²) in [6.07, 6.45) is 7.13. The Morgan fingerprint density at radius 1 is 1.05 bits per heavy atom. The van der Waals surface area contributed by atoms with Crippen LogP contribution < -0.4 is 0 Å². The second kappa shape index (κ2) is 10.5. The predicted molar refractivity (Wildman–Crippen MR) is 150 cm³/mol. The highest BCUT2D eigenvalue weighted by molar-refractivity contribution is 7.15. The lowest BCUT2D eigenvalue weighted by Gasteiger charge is -2.23. The molecule has 7 nitrogen and oxygen atoms in total. The van der Waals surface area contributed by atoms with Gasteiger partial charge in [-0.1, -0.05) is 31.4 Å². The maximum Gasteiger partial charge on any atom is 0.331 e. The summed E-state index contributed by atoms with van der Waals surface area (Å²) < 4.78 is 1.76. The molecule has 0 atom stereocenters. The van der Waals surface area contributed by atoms with Crippen molar-refractivity contribution in [3.63, 3.8) is 0 Å². The molecule has 0 spiro atoms. The van der Waals surface area contributed by atoms with Gasteiger partial charge in [0.05, 0.1) is 32.5 Å². The lowest BCUT2D eigenvalue weighted by Crippen LogP contribution is -2.13. The zero-order valence-electron chi connectivity index (χ0n) is 21.8. The minimum atomic E-state index is -1.02. The van der Waals surface area contributed by atoms with Crippen molar-refractivity contribution in [3.8, 4) is 21.8 Å². The van der Waals surface area contributed by atoms with E-state index in [0.29, 0.717) is 11.6 Å². The largest absolute Gasteiger partial charge is 0.480 e. The van der Waals surface area contributed by atoms with E-state index >= 15 is 0 Å². The highest BCUT2D eigenvalue weighted by atomic mass is 32.1. The van der Waals surface area contributed by atoms with Crippen molar-refractivity contribution in [1.82, 2.24) is 14.5 Å². The molecule has 0 amide bonds. The van der Waals surface area contributed by atoms with Crippen LogP contribution in [-0.4, -0.2) is 36.7 Å². The number of thiazole rings is 1. The number of nitrogens with zero attached hydrogens (tertiary/aromatic N) is 3. The molecule has 0 unspecified atom stereocenters. The Morgan fingerprint density at radius 3 is 2.47 bits per heavy atom. The van der Waals surface area contributed by atoms with Crippen LogP contribution in [-0.2, 0) is 16.1 Å². The molecule has 0 saturated heterocycles. The standard InChI is InChI=1S/C30H31N3O4S/c1-17(30(36)37)13-23-15-24(20-7-5-4-6-8-20)28(33(23)16-27(34)35)22-10-11-25-21(14-22)9-12-26(32-25)29-18(2)31-19(3)38-29/h9-15,20H,4-8,16H2,1-3H3,(H,34,35)(H,36,37)/b17-13+. The number of rotatable bonds is 7. The highest BCUT2D eigenvalue weighted by Gasteiger charge is 2.25. The Bertz CT molecular complexity index is 1570. The molecule has 1 saturated carbocycles.